The lowest BCUT2D eigenvalue weighted by molar-refractivity contribution is 0.0272. The Morgan fingerprint density at radius 2 is 1.89 bits per heavy atom. The molecule has 106 valence electrons. The average molecular weight is 282 g/mol. The largest absolute Gasteiger partial charge is 0.389 e. The molecule has 3 rings (SSSR count). The molecule has 0 saturated heterocycles. The van der Waals surface area contributed by atoms with Crippen molar-refractivity contribution in [2.24, 2.45) is 0 Å². The van der Waals surface area contributed by atoms with Crippen molar-refractivity contribution >= 4 is 11.8 Å². The second kappa shape index (κ2) is 5.79. The van der Waals surface area contributed by atoms with Crippen LogP contribution in [-0.2, 0) is 0 Å². The molecule has 0 unspecified atom stereocenters. The van der Waals surface area contributed by atoms with Crippen LogP contribution in [0.25, 0.3) is 0 Å². The van der Waals surface area contributed by atoms with Gasteiger partial charge in [-0.05, 0) is 36.1 Å². The highest BCUT2D eigenvalue weighted by Crippen LogP contribution is 2.35. The summed E-state index contributed by atoms with van der Waals surface area (Å²) in [6.07, 6.45) is 10.3. The Bertz CT molecular complexity index is 411. The van der Waals surface area contributed by atoms with Gasteiger partial charge in [0, 0.05) is 5.75 Å². The Morgan fingerprint density at radius 3 is 2.63 bits per heavy atom. The van der Waals surface area contributed by atoms with Gasteiger partial charge in [-0.3, -0.25) is 0 Å². The summed E-state index contributed by atoms with van der Waals surface area (Å²) in [5, 5.41) is 23.5. The van der Waals surface area contributed by atoms with E-state index in [-0.39, 0.29) is 0 Å². The topological polar surface area (TPSA) is 63.8 Å². The number of aromatic nitrogens is 4. The summed E-state index contributed by atoms with van der Waals surface area (Å²) in [4.78, 5) is 0. The van der Waals surface area contributed by atoms with Crippen LogP contribution in [0.15, 0.2) is 5.16 Å². The number of nitrogens with zero attached hydrogens (tertiary/aromatic N) is 4. The van der Waals surface area contributed by atoms with E-state index in [9.17, 15) is 5.11 Å². The molecule has 0 amide bonds. The molecule has 2 fully saturated rings. The van der Waals surface area contributed by atoms with Crippen molar-refractivity contribution < 1.29 is 5.11 Å². The van der Waals surface area contributed by atoms with E-state index in [1.165, 1.54) is 32.1 Å². The first-order valence-corrected chi connectivity index (χ1v) is 8.38. The predicted octanol–water partition coefficient (Wildman–Crippen LogP) is 2.58. The van der Waals surface area contributed by atoms with E-state index >= 15 is 0 Å². The van der Waals surface area contributed by atoms with E-state index in [4.69, 9.17) is 0 Å². The Kier molecular flexibility index (Phi) is 4.07. The zero-order valence-corrected chi connectivity index (χ0v) is 12.1. The minimum Gasteiger partial charge on any atom is -0.389 e. The summed E-state index contributed by atoms with van der Waals surface area (Å²) < 4.78 is 1.98. The highest BCUT2D eigenvalue weighted by Gasteiger charge is 2.30. The van der Waals surface area contributed by atoms with Crippen molar-refractivity contribution in [2.75, 3.05) is 5.75 Å². The average Bonchev–Trinajstić information content (AvgIpc) is 3.08. The fourth-order valence-electron chi connectivity index (χ4n) is 3.21. The molecule has 1 aromatic heterocycles. The highest BCUT2D eigenvalue weighted by atomic mass is 32.2. The Balaban J connectivity index is 1.62. The van der Waals surface area contributed by atoms with E-state index in [1.807, 2.05) is 4.68 Å². The maximum atomic E-state index is 10.5. The summed E-state index contributed by atoms with van der Waals surface area (Å²) >= 11 is 1.62. The number of rotatable bonds is 4. The summed E-state index contributed by atoms with van der Waals surface area (Å²) in [5.74, 6) is 0.722. The number of hydrogen-bond acceptors (Lipinski definition) is 5. The van der Waals surface area contributed by atoms with Crippen molar-refractivity contribution in [3.63, 3.8) is 0 Å². The van der Waals surface area contributed by atoms with Gasteiger partial charge in [0.15, 0.2) is 0 Å². The fourth-order valence-corrected chi connectivity index (χ4v) is 4.31. The third-order valence-electron chi connectivity index (χ3n) is 4.39. The summed E-state index contributed by atoms with van der Waals surface area (Å²) in [5.41, 5.74) is -0.505. The highest BCUT2D eigenvalue weighted by molar-refractivity contribution is 7.99. The van der Waals surface area contributed by atoms with Gasteiger partial charge in [-0.1, -0.05) is 43.9 Å². The van der Waals surface area contributed by atoms with Gasteiger partial charge in [0.05, 0.1) is 11.6 Å². The van der Waals surface area contributed by atoms with Crippen LogP contribution in [0.2, 0.25) is 0 Å². The summed E-state index contributed by atoms with van der Waals surface area (Å²) in [6.45, 7) is 0. The number of tetrazole rings is 1. The molecule has 2 aliphatic rings. The number of thioether (sulfide) groups is 1. The van der Waals surface area contributed by atoms with Crippen LogP contribution in [0.4, 0.5) is 0 Å². The van der Waals surface area contributed by atoms with Gasteiger partial charge in [0.1, 0.15) is 0 Å². The van der Waals surface area contributed by atoms with E-state index in [0.29, 0.717) is 6.04 Å². The third kappa shape index (κ3) is 3.11. The molecule has 2 saturated carbocycles. The molecule has 1 aromatic rings. The zero-order valence-electron chi connectivity index (χ0n) is 11.3. The molecule has 0 aliphatic heterocycles. The molecule has 6 heteroatoms. The van der Waals surface area contributed by atoms with Gasteiger partial charge in [-0.15, -0.1) is 5.10 Å². The molecule has 0 aromatic carbocycles. The molecule has 0 atom stereocenters. The van der Waals surface area contributed by atoms with Gasteiger partial charge in [0.2, 0.25) is 5.16 Å². The SMILES string of the molecule is OC1(CSc2nnnn2C2CCCC2)CCCCC1. The van der Waals surface area contributed by atoms with E-state index < -0.39 is 5.60 Å². The molecule has 1 heterocycles. The Labute approximate surface area is 118 Å². The lowest BCUT2D eigenvalue weighted by atomic mass is 9.86. The second-order valence-electron chi connectivity index (χ2n) is 5.92. The van der Waals surface area contributed by atoms with Crippen molar-refractivity contribution in [1.82, 2.24) is 20.2 Å². The lowest BCUT2D eigenvalue weighted by Crippen LogP contribution is -2.34. The zero-order chi connectivity index (χ0) is 13.1. The fraction of sp³-hybridized carbons (Fsp3) is 0.923. The maximum absolute atomic E-state index is 10.5. The van der Waals surface area contributed by atoms with Crippen molar-refractivity contribution in [3.05, 3.63) is 0 Å². The van der Waals surface area contributed by atoms with E-state index in [1.54, 1.807) is 11.8 Å². The van der Waals surface area contributed by atoms with Crippen LogP contribution < -0.4 is 0 Å². The molecule has 0 spiro atoms. The normalized spacial score (nSPS) is 23.8. The molecule has 0 bridgehead atoms. The predicted molar refractivity (Wildman–Crippen MR) is 74.1 cm³/mol. The maximum Gasteiger partial charge on any atom is 0.209 e. The molecule has 1 N–H and O–H groups in total. The van der Waals surface area contributed by atoms with Crippen LogP contribution in [0, 0.1) is 0 Å². The first-order chi connectivity index (χ1) is 9.27. The first kappa shape index (κ1) is 13.4. The molecule has 0 radical (unpaired) electrons. The molecular weight excluding hydrogens is 260 g/mol. The number of hydrogen-bond donors (Lipinski definition) is 1. The lowest BCUT2D eigenvalue weighted by Gasteiger charge is -2.31. The van der Waals surface area contributed by atoms with Crippen LogP contribution in [0.3, 0.4) is 0 Å². The first-order valence-electron chi connectivity index (χ1n) is 7.40. The minimum atomic E-state index is -0.505. The van der Waals surface area contributed by atoms with Crippen LogP contribution in [-0.4, -0.2) is 36.7 Å². The Morgan fingerprint density at radius 1 is 1.16 bits per heavy atom. The molecular formula is C13H22N4OS. The van der Waals surface area contributed by atoms with Crippen molar-refractivity contribution in [2.45, 2.75) is 74.6 Å². The van der Waals surface area contributed by atoms with Gasteiger partial charge < -0.3 is 5.11 Å². The van der Waals surface area contributed by atoms with Gasteiger partial charge in [-0.25, -0.2) is 4.68 Å². The molecule has 19 heavy (non-hydrogen) atoms. The molecule has 5 nitrogen and oxygen atoms in total. The van der Waals surface area contributed by atoms with Crippen molar-refractivity contribution in [1.29, 1.82) is 0 Å². The Hall–Kier alpha value is -0.620. The van der Waals surface area contributed by atoms with E-state index in [0.717, 1.165) is 36.6 Å². The van der Waals surface area contributed by atoms with Crippen LogP contribution in [0.1, 0.15) is 63.8 Å². The minimum absolute atomic E-state index is 0.471. The summed E-state index contributed by atoms with van der Waals surface area (Å²) in [7, 11) is 0. The van der Waals surface area contributed by atoms with E-state index in [2.05, 4.69) is 15.5 Å². The number of aliphatic hydroxyl groups is 1. The standard InChI is InChI=1S/C13H22N4OS/c18-13(8-4-1-5-9-13)10-19-12-14-15-16-17(12)11-6-2-3-7-11/h11,18H,1-10H2. The quantitative estimate of drug-likeness (QED) is 0.860. The smallest absolute Gasteiger partial charge is 0.209 e. The van der Waals surface area contributed by atoms with Gasteiger partial charge >= 0.3 is 0 Å². The summed E-state index contributed by atoms with van der Waals surface area (Å²) in [6, 6.07) is 0.471. The monoisotopic (exact) mass is 282 g/mol. The van der Waals surface area contributed by atoms with Crippen molar-refractivity contribution in [3.8, 4) is 0 Å². The molecule has 2 aliphatic carbocycles. The second-order valence-corrected chi connectivity index (χ2v) is 6.86. The van der Waals surface area contributed by atoms with Crippen LogP contribution in [0.5, 0.6) is 0 Å². The van der Waals surface area contributed by atoms with Crippen LogP contribution >= 0.6 is 11.8 Å². The third-order valence-corrected chi connectivity index (χ3v) is 5.60. The van der Waals surface area contributed by atoms with Gasteiger partial charge in [-0.2, -0.15) is 0 Å². The van der Waals surface area contributed by atoms with Gasteiger partial charge in [0.25, 0.3) is 0 Å².